The van der Waals surface area contributed by atoms with Crippen molar-refractivity contribution in [2.75, 3.05) is 25.0 Å². The van der Waals surface area contributed by atoms with E-state index in [-0.39, 0.29) is 5.91 Å². The fourth-order valence-corrected chi connectivity index (χ4v) is 4.69. The molecule has 1 heterocycles. The van der Waals surface area contributed by atoms with E-state index in [0.717, 1.165) is 32.2 Å². The molecule has 0 saturated carbocycles. The standard InChI is InChI=1S/C14H17Br3N2O2/c1-14(21)2-4-19(5-3-14)8-12(20)18-13-10(16)6-9(15)7-11(13)17/h6-7,21H,2-5,8H2,1H3,(H,18,20). The molecule has 1 aliphatic heterocycles. The lowest BCUT2D eigenvalue weighted by Gasteiger charge is -2.35. The number of anilines is 1. The van der Waals surface area contributed by atoms with Crippen LogP contribution in [0.2, 0.25) is 0 Å². The molecule has 1 aromatic carbocycles. The van der Waals surface area contributed by atoms with Crippen molar-refractivity contribution in [2.24, 2.45) is 0 Å². The Bertz CT molecular complexity index is 516. The van der Waals surface area contributed by atoms with Crippen molar-refractivity contribution >= 4 is 59.4 Å². The maximum atomic E-state index is 12.2. The van der Waals surface area contributed by atoms with E-state index >= 15 is 0 Å². The number of benzene rings is 1. The van der Waals surface area contributed by atoms with Crippen LogP contribution in [-0.4, -0.2) is 41.1 Å². The van der Waals surface area contributed by atoms with E-state index in [0.29, 0.717) is 19.4 Å². The Morgan fingerprint density at radius 1 is 1.29 bits per heavy atom. The molecular formula is C14H17Br3N2O2. The minimum absolute atomic E-state index is 0.0553. The zero-order valence-corrected chi connectivity index (χ0v) is 16.4. The second-order valence-corrected chi connectivity index (χ2v) is 8.19. The zero-order chi connectivity index (χ0) is 15.6. The molecule has 0 radical (unpaired) electrons. The number of halogens is 3. The minimum atomic E-state index is -0.593. The number of piperidine rings is 1. The van der Waals surface area contributed by atoms with Crippen LogP contribution in [0.25, 0.3) is 0 Å². The molecule has 4 nitrogen and oxygen atoms in total. The lowest BCUT2D eigenvalue weighted by atomic mass is 9.94. The van der Waals surface area contributed by atoms with Gasteiger partial charge in [0.2, 0.25) is 5.91 Å². The first kappa shape index (κ1) is 17.4. The summed E-state index contributed by atoms with van der Waals surface area (Å²) in [5, 5.41) is 12.8. The topological polar surface area (TPSA) is 52.6 Å². The van der Waals surface area contributed by atoms with Crippen molar-refractivity contribution < 1.29 is 9.90 Å². The van der Waals surface area contributed by atoms with Gasteiger partial charge in [-0.3, -0.25) is 9.69 Å². The summed E-state index contributed by atoms with van der Waals surface area (Å²) in [6.45, 7) is 3.66. The van der Waals surface area contributed by atoms with Gasteiger partial charge in [-0.05, 0) is 63.8 Å². The van der Waals surface area contributed by atoms with Gasteiger partial charge in [-0.25, -0.2) is 0 Å². The van der Waals surface area contributed by atoms with Gasteiger partial charge >= 0.3 is 0 Å². The van der Waals surface area contributed by atoms with Crippen molar-refractivity contribution in [3.05, 3.63) is 25.6 Å². The maximum absolute atomic E-state index is 12.2. The van der Waals surface area contributed by atoms with Crippen molar-refractivity contribution in [3.63, 3.8) is 0 Å². The molecule has 0 aliphatic carbocycles. The third-order valence-corrected chi connectivity index (χ3v) is 5.28. The van der Waals surface area contributed by atoms with Crippen LogP contribution in [0.4, 0.5) is 5.69 Å². The molecule has 1 fully saturated rings. The highest BCUT2D eigenvalue weighted by atomic mass is 79.9. The largest absolute Gasteiger partial charge is 0.390 e. The number of amides is 1. The Morgan fingerprint density at radius 2 is 1.81 bits per heavy atom. The summed E-state index contributed by atoms with van der Waals surface area (Å²) < 4.78 is 2.56. The first-order valence-corrected chi connectivity index (χ1v) is 9.04. The Hall–Kier alpha value is 0.0500. The van der Waals surface area contributed by atoms with Gasteiger partial charge in [-0.1, -0.05) is 15.9 Å². The number of hydrogen-bond donors (Lipinski definition) is 2. The molecule has 0 spiro atoms. The molecule has 7 heteroatoms. The molecular weight excluding hydrogens is 468 g/mol. The lowest BCUT2D eigenvalue weighted by Crippen LogP contribution is -2.45. The van der Waals surface area contributed by atoms with Gasteiger partial charge in [0, 0.05) is 26.5 Å². The second-order valence-electron chi connectivity index (χ2n) is 5.57. The number of nitrogens with one attached hydrogen (secondary N) is 1. The summed E-state index contributed by atoms with van der Waals surface area (Å²) in [7, 11) is 0. The number of carbonyl (C=O) groups is 1. The van der Waals surface area contributed by atoms with Gasteiger partial charge < -0.3 is 10.4 Å². The van der Waals surface area contributed by atoms with Crippen LogP contribution in [0.1, 0.15) is 19.8 Å². The molecule has 0 aromatic heterocycles. The van der Waals surface area contributed by atoms with E-state index in [1.54, 1.807) is 0 Å². The van der Waals surface area contributed by atoms with E-state index in [1.807, 2.05) is 19.1 Å². The first-order chi connectivity index (χ1) is 9.77. The Morgan fingerprint density at radius 3 is 2.33 bits per heavy atom. The van der Waals surface area contributed by atoms with Crippen LogP contribution in [0.5, 0.6) is 0 Å². The summed E-state index contributed by atoms with van der Waals surface area (Å²) in [6.07, 6.45) is 1.40. The van der Waals surface area contributed by atoms with Crippen LogP contribution in [0.15, 0.2) is 25.6 Å². The highest BCUT2D eigenvalue weighted by Crippen LogP contribution is 2.34. The number of aliphatic hydroxyl groups is 1. The highest BCUT2D eigenvalue weighted by molar-refractivity contribution is 9.11. The summed E-state index contributed by atoms with van der Waals surface area (Å²) in [5.74, 6) is -0.0553. The Balaban J connectivity index is 1.94. The number of nitrogens with zero attached hydrogens (tertiary/aromatic N) is 1. The molecule has 116 valence electrons. The van der Waals surface area contributed by atoms with Crippen LogP contribution >= 0.6 is 47.8 Å². The normalized spacial score (nSPS) is 18.5. The number of hydrogen-bond acceptors (Lipinski definition) is 3. The van der Waals surface area contributed by atoms with Crippen molar-refractivity contribution in [1.29, 1.82) is 0 Å². The van der Waals surface area contributed by atoms with E-state index in [1.165, 1.54) is 0 Å². The zero-order valence-electron chi connectivity index (χ0n) is 11.6. The van der Waals surface area contributed by atoms with E-state index in [2.05, 4.69) is 58.0 Å². The smallest absolute Gasteiger partial charge is 0.238 e. The Kier molecular flexibility index (Phi) is 5.87. The summed E-state index contributed by atoms with van der Waals surface area (Å²) in [5.41, 5.74) is 0.136. The highest BCUT2D eigenvalue weighted by Gasteiger charge is 2.28. The molecule has 2 N–H and O–H groups in total. The van der Waals surface area contributed by atoms with Gasteiger partial charge in [-0.2, -0.15) is 0 Å². The third kappa shape index (κ3) is 5.03. The fraction of sp³-hybridized carbons (Fsp3) is 0.500. The number of carbonyl (C=O) groups excluding carboxylic acids is 1. The molecule has 1 aromatic rings. The van der Waals surface area contributed by atoms with Crippen molar-refractivity contribution in [1.82, 2.24) is 4.90 Å². The number of rotatable bonds is 3. The summed E-state index contributed by atoms with van der Waals surface area (Å²) >= 11 is 10.3. The van der Waals surface area contributed by atoms with E-state index < -0.39 is 5.60 Å². The molecule has 1 amide bonds. The third-order valence-electron chi connectivity index (χ3n) is 3.57. The average Bonchev–Trinajstić information content (AvgIpc) is 2.36. The van der Waals surface area contributed by atoms with Crippen molar-refractivity contribution in [3.8, 4) is 0 Å². The molecule has 21 heavy (non-hydrogen) atoms. The van der Waals surface area contributed by atoms with Crippen LogP contribution in [0, 0.1) is 0 Å². The van der Waals surface area contributed by atoms with Gasteiger partial charge in [0.15, 0.2) is 0 Å². The predicted molar refractivity (Wildman–Crippen MR) is 94.5 cm³/mol. The van der Waals surface area contributed by atoms with Crippen LogP contribution in [-0.2, 0) is 4.79 Å². The van der Waals surface area contributed by atoms with Gasteiger partial charge in [-0.15, -0.1) is 0 Å². The van der Waals surface area contributed by atoms with Gasteiger partial charge in [0.1, 0.15) is 0 Å². The molecule has 0 unspecified atom stereocenters. The summed E-state index contributed by atoms with van der Waals surface area (Å²) in [6, 6.07) is 3.77. The molecule has 0 bridgehead atoms. The second kappa shape index (κ2) is 7.08. The quantitative estimate of drug-likeness (QED) is 0.687. The van der Waals surface area contributed by atoms with Crippen LogP contribution in [0.3, 0.4) is 0 Å². The Labute approximate surface area is 149 Å². The summed E-state index contributed by atoms with van der Waals surface area (Å²) in [4.78, 5) is 14.2. The van der Waals surface area contributed by atoms with E-state index in [4.69, 9.17) is 0 Å². The molecule has 1 saturated heterocycles. The maximum Gasteiger partial charge on any atom is 0.238 e. The average molecular weight is 485 g/mol. The minimum Gasteiger partial charge on any atom is -0.390 e. The number of likely N-dealkylation sites (tertiary alicyclic amines) is 1. The first-order valence-electron chi connectivity index (χ1n) is 6.66. The predicted octanol–water partition coefficient (Wildman–Crippen LogP) is 3.76. The van der Waals surface area contributed by atoms with Crippen molar-refractivity contribution in [2.45, 2.75) is 25.4 Å². The van der Waals surface area contributed by atoms with Crippen LogP contribution < -0.4 is 5.32 Å². The van der Waals surface area contributed by atoms with Gasteiger partial charge in [0.05, 0.1) is 17.8 Å². The fourth-order valence-electron chi connectivity index (χ4n) is 2.24. The lowest BCUT2D eigenvalue weighted by molar-refractivity contribution is -0.118. The molecule has 1 aliphatic rings. The monoisotopic (exact) mass is 482 g/mol. The van der Waals surface area contributed by atoms with Gasteiger partial charge in [0.25, 0.3) is 0 Å². The SMILES string of the molecule is CC1(O)CCN(CC(=O)Nc2c(Br)cc(Br)cc2Br)CC1. The van der Waals surface area contributed by atoms with E-state index in [9.17, 15) is 9.90 Å². The molecule has 0 atom stereocenters. The molecule has 2 rings (SSSR count).